The van der Waals surface area contributed by atoms with Gasteiger partial charge in [0.1, 0.15) is 0 Å². The predicted octanol–water partition coefficient (Wildman–Crippen LogP) is 4.41. The maximum absolute atomic E-state index is 5.04. The third kappa shape index (κ3) is 4.81. The van der Waals surface area contributed by atoms with E-state index in [4.69, 9.17) is 4.52 Å². The summed E-state index contributed by atoms with van der Waals surface area (Å²) in [5, 5.41) is 3.74. The number of hydrogen-bond acceptors (Lipinski definition) is 3. The fourth-order valence-electron chi connectivity index (χ4n) is 1.19. The zero-order chi connectivity index (χ0) is 13.3. The van der Waals surface area contributed by atoms with E-state index < -0.39 is 0 Å². The Hall–Kier alpha value is -1.64. The Kier molecular flexibility index (Phi) is 7.68. The lowest BCUT2D eigenvalue weighted by Gasteiger charge is -1.94. The van der Waals surface area contributed by atoms with Crippen LogP contribution < -0.4 is 0 Å². The molecular formula is C14H22N2O. The summed E-state index contributed by atoms with van der Waals surface area (Å²) in [6, 6.07) is 7.99. The molecule has 0 bridgehead atoms. The Balaban J connectivity index is 0.000000581. The summed E-state index contributed by atoms with van der Waals surface area (Å²) in [4.78, 5) is 4.14. The summed E-state index contributed by atoms with van der Waals surface area (Å²) < 4.78 is 5.04. The molecule has 0 aliphatic rings. The maximum Gasteiger partial charge on any atom is 0.257 e. The van der Waals surface area contributed by atoms with E-state index in [-0.39, 0.29) is 0 Å². The molecule has 0 fully saturated rings. The van der Waals surface area contributed by atoms with Crippen molar-refractivity contribution >= 4 is 0 Å². The minimum Gasteiger partial charge on any atom is -0.334 e. The summed E-state index contributed by atoms with van der Waals surface area (Å²) >= 11 is 0. The van der Waals surface area contributed by atoms with Gasteiger partial charge in [0, 0.05) is 5.56 Å². The molecular weight excluding hydrogens is 212 g/mol. The molecule has 0 saturated carbocycles. The Bertz CT molecular complexity index is 422. The maximum atomic E-state index is 5.04. The first-order valence-electron chi connectivity index (χ1n) is 6.13. The van der Waals surface area contributed by atoms with Crippen LogP contribution >= 0.6 is 0 Å². The van der Waals surface area contributed by atoms with E-state index in [1.807, 2.05) is 65.8 Å². The van der Waals surface area contributed by atoms with Crippen LogP contribution in [0.25, 0.3) is 11.5 Å². The third-order valence-corrected chi connectivity index (χ3v) is 1.79. The second-order valence-electron chi connectivity index (χ2n) is 3.02. The molecule has 2 aromatic rings. The third-order valence-electron chi connectivity index (χ3n) is 1.79. The molecule has 0 N–H and O–H groups in total. The van der Waals surface area contributed by atoms with Crippen molar-refractivity contribution in [1.29, 1.82) is 0 Å². The first-order valence-corrected chi connectivity index (χ1v) is 6.13. The number of nitrogens with zero attached hydrogens (tertiary/aromatic N) is 2. The molecule has 0 radical (unpaired) electrons. The lowest BCUT2D eigenvalue weighted by Crippen LogP contribution is -1.79. The van der Waals surface area contributed by atoms with Gasteiger partial charge in [-0.3, -0.25) is 0 Å². The predicted molar refractivity (Wildman–Crippen MR) is 71.9 cm³/mol. The molecule has 0 aliphatic carbocycles. The number of benzene rings is 1. The lowest BCUT2D eigenvalue weighted by atomic mass is 10.1. The van der Waals surface area contributed by atoms with Crippen molar-refractivity contribution in [2.24, 2.45) is 0 Å². The first-order chi connectivity index (χ1) is 8.25. The fraction of sp³-hybridized carbons (Fsp3) is 0.429. The number of aryl methyl sites for hydroxylation is 2. The van der Waals surface area contributed by atoms with E-state index in [1.165, 1.54) is 5.56 Å². The monoisotopic (exact) mass is 234 g/mol. The van der Waals surface area contributed by atoms with Gasteiger partial charge in [-0.2, -0.15) is 4.98 Å². The van der Waals surface area contributed by atoms with Gasteiger partial charge in [-0.05, 0) is 26.0 Å². The molecule has 0 atom stereocenters. The Morgan fingerprint density at radius 2 is 1.65 bits per heavy atom. The van der Waals surface area contributed by atoms with Gasteiger partial charge in [0.05, 0.1) is 0 Å². The number of rotatable bonds is 1. The second-order valence-corrected chi connectivity index (χ2v) is 3.02. The van der Waals surface area contributed by atoms with Gasteiger partial charge in [0.15, 0.2) is 5.82 Å². The average molecular weight is 234 g/mol. The first kappa shape index (κ1) is 15.4. The molecule has 0 spiro atoms. The van der Waals surface area contributed by atoms with Gasteiger partial charge >= 0.3 is 0 Å². The zero-order valence-electron chi connectivity index (χ0n) is 11.6. The van der Waals surface area contributed by atoms with Gasteiger partial charge in [-0.1, -0.05) is 50.5 Å². The largest absolute Gasteiger partial charge is 0.334 e. The number of aromatic nitrogens is 2. The van der Waals surface area contributed by atoms with Crippen molar-refractivity contribution < 1.29 is 4.52 Å². The van der Waals surface area contributed by atoms with Gasteiger partial charge in [0.25, 0.3) is 5.89 Å². The van der Waals surface area contributed by atoms with Crippen molar-refractivity contribution in [1.82, 2.24) is 10.1 Å². The highest BCUT2D eigenvalue weighted by molar-refractivity contribution is 5.53. The summed E-state index contributed by atoms with van der Waals surface area (Å²) in [5.41, 5.74) is 2.16. The zero-order valence-corrected chi connectivity index (χ0v) is 11.6. The molecule has 94 valence electrons. The van der Waals surface area contributed by atoms with Gasteiger partial charge in [0.2, 0.25) is 0 Å². The van der Waals surface area contributed by atoms with E-state index in [1.54, 1.807) is 0 Å². The van der Waals surface area contributed by atoms with Crippen LogP contribution in [0, 0.1) is 13.8 Å². The number of hydrogen-bond donors (Lipinski definition) is 0. The minimum atomic E-state index is 0.584. The molecule has 2 rings (SSSR count). The molecule has 1 aromatic heterocycles. The highest BCUT2D eigenvalue weighted by Crippen LogP contribution is 2.17. The minimum absolute atomic E-state index is 0.584. The van der Waals surface area contributed by atoms with Gasteiger partial charge in [-0.15, -0.1) is 0 Å². The smallest absolute Gasteiger partial charge is 0.257 e. The quantitative estimate of drug-likeness (QED) is 0.733. The molecule has 17 heavy (non-hydrogen) atoms. The average Bonchev–Trinajstić information content (AvgIpc) is 2.81. The fourth-order valence-corrected chi connectivity index (χ4v) is 1.19. The van der Waals surface area contributed by atoms with Crippen LogP contribution in [-0.2, 0) is 0 Å². The summed E-state index contributed by atoms with van der Waals surface area (Å²) in [5.74, 6) is 1.25. The van der Waals surface area contributed by atoms with Crippen molar-refractivity contribution in [2.75, 3.05) is 0 Å². The summed E-state index contributed by atoms with van der Waals surface area (Å²) in [6.45, 7) is 11.8. The second kappa shape index (κ2) is 8.50. The van der Waals surface area contributed by atoms with E-state index >= 15 is 0 Å². The molecule has 0 unspecified atom stereocenters. The molecule has 0 amide bonds. The molecule has 0 saturated heterocycles. The van der Waals surface area contributed by atoms with Gasteiger partial charge < -0.3 is 4.52 Å². The van der Waals surface area contributed by atoms with Crippen LogP contribution in [0.5, 0.6) is 0 Å². The van der Waals surface area contributed by atoms with Crippen LogP contribution in [0.4, 0.5) is 0 Å². The Labute approximate surface area is 104 Å². The van der Waals surface area contributed by atoms with Crippen LogP contribution in [-0.4, -0.2) is 10.1 Å². The Morgan fingerprint density at radius 3 is 2.12 bits per heavy atom. The normalized spacial score (nSPS) is 8.59. The van der Waals surface area contributed by atoms with E-state index in [0.29, 0.717) is 11.7 Å². The summed E-state index contributed by atoms with van der Waals surface area (Å²) in [6.07, 6.45) is 0. The highest BCUT2D eigenvalue weighted by Gasteiger charge is 2.04. The molecule has 1 aromatic carbocycles. The molecule has 0 aliphatic heterocycles. The van der Waals surface area contributed by atoms with Crippen LogP contribution in [0.3, 0.4) is 0 Å². The lowest BCUT2D eigenvalue weighted by molar-refractivity contribution is 0.425. The van der Waals surface area contributed by atoms with Crippen LogP contribution in [0.15, 0.2) is 28.8 Å². The van der Waals surface area contributed by atoms with Gasteiger partial charge in [-0.25, -0.2) is 0 Å². The SMILES string of the molecule is CC.CC.Cc1cccc(-c2nc(C)no2)c1. The van der Waals surface area contributed by atoms with Crippen LogP contribution in [0.2, 0.25) is 0 Å². The summed E-state index contributed by atoms with van der Waals surface area (Å²) in [7, 11) is 0. The van der Waals surface area contributed by atoms with Crippen molar-refractivity contribution in [3.05, 3.63) is 35.7 Å². The Morgan fingerprint density at radius 1 is 1.00 bits per heavy atom. The van der Waals surface area contributed by atoms with E-state index in [2.05, 4.69) is 10.1 Å². The van der Waals surface area contributed by atoms with Crippen molar-refractivity contribution in [3.8, 4) is 11.5 Å². The van der Waals surface area contributed by atoms with E-state index in [0.717, 1.165) is 5.56 Å². The molecule has 1 heterocycles. The van der Waals surface area contributed by atoms with Crippen molar-refractivity contribution in [2.45, 2.75) is 41.5 Å². The van der Waals surface area contributed by atoms with E-state index in [9.17, 15) is 0 Å². The van der Waals surface area contributed by atoms with Crippen LogP contribution in [0.1, 0.15) is 39.1 Å². The standard InChI is InChI=1S/C10H10N2O.2C2H6/c1-7-4-3-5-9(6-7)10-11-8(2)12-13-10;2*1-2/h3-6H,1-2H3;2*1-2H3. The highest BCUT2D eigenvalue weighted by atomic mass is 16.5. The topological polar surface area (TPSA) is 38.9 Å². The molecule has 3 nitrogen and oxygen atoms in total. The molecule has 3 heteroatoms. The van der Waals surface area contributed by atoms with Crippen molar-refractivity contribution in [3.63, 3.8) is 0 Å².